The van der Waals surface area contributed by atoms with Gasteiger partial charge in [0, 0.05) is 30.0 Å². The van der Waals surface area contributed by atoms with Gasteiger partial charge in [-0.1, -0.05) is 12.1 Å². The number of carbonyl (C=O) groups excluding carboxylic acids is 1. The van der Waals surface area contributed by atoms with Crippen molar-refractivity contribution in [3.05, 3.63) is 35.4 Å². The summed E-state index contributed by atoms with van der Waals surface area (Å²) in [6.45, 7) is 0.470. The topological polar surface area (TPSA) is 57.6 Å². The summed E-state index contributed by atoms with van der Waals surface area (Å²) in [6.07, 6.45) is -5.34. The van der Waals surface area contributed by atoms with Crippen LogP contribution in [0.1, 0.15) is 28.8 Å². The van der Waals surface area contributed by atoms with E-state index >= 15 is 0 Å². The number of carboxylic acids is 1. The van der Waals surface area contributed by atoms with Crippen LogP contribution in [0.4, 0.5) is 13.2 Å². The fraction of sp³-hybridized carbons (Fsp3) is 0.500. The first-order valence-corrected chi connectivity index (χ1v) is 8.68. The Labute approximate surface area is 142 Å². The van der Waals surface area contributed by atoms with E-state index in [1.54, 1.807) is 16.7 Å². The van der Waals surface area contributed by atoms with Gasteiger partial charge < -0.3 is 10.0 Å². The molecule has 0 spiro atoms. The standard InChI is InChI=1S/C16H18F3NO3S/c17-16(18,19)6-5-11-1-3-12(4-2-11)15(23)20-7-8-24-10-13(20)9-14(21)22/h1-4,13H,5-10H2,(H,21,22). The van der Waals surface area contributed by atoms with Crippen LogP contribution in [0, 0.1) is 0 Å². The molecule has 1 N–H and O–H groups in total. The molecule has 1 fully saturated rings. The molecule has 1 heterocycles. The average molecular weight is 361 g/mol. The van der Waals surface area contributed by atoms with Crippen LogP contribution in [0.3, 0.4) is 0 Å². The minimum atomic E-state index is -4.20. The Hall–Kier alpha value is -1.70. The maximum atomic E-state index is 12.6. The van der Waals surface area contributed by atoms with Gasteiger partial charge in [0.05, 0.1) is 12.5 Å². The third-order valence-corrected chi connectivity index (χ3v) is 4.89. The normalized spacial score (nSPS) is 18.5. The maximum absolute atomic E-state index is 12.6. The van der Waals surface area contributed by atoms with Crippen molar-refractivity contribution in [2.45, 2.75) is 31.5 Å². The quantitative estimate of drug-likeness (QED) is 0.875. The van der Waals surface area contributed by atoms with Crippen molar-refractivity contribution in [3.63, 3.8) is 0 Å². The Balaban J connectivity index is 2.04. The van der Waals surface area contributed by atoms with Crippen LogP contribution in [0.25, 0.3) is 0 Å². The highest BCUT2D eigenvalue weighted by Gasteiger charge is 2.30. The van der Waals surface area contributed by atoms with Gasteiger partial charge in [-0.3, -0.25) is 9.59 Å². The Morgan fingerprint density at radius 2 is 1.92 bits per heavy atom. The number of amides is 1. The molecule has 1 unspecified atom stereocenters. The summed E-state index contributed by atoms with van der Waals surface area (Å²) >= 11 is 1.61. The van der Waals surface area contributed by atoms with Crippen molar-refractivity contribution in [1.82, 2.24) is 4.90 Å². The summed E-state index contributed by atoms with van der Waals surface area (Å²) < 4.78 is 36.7. The maximum Gasteiger partial charge on any atom is 0.389 e. The summed E-state index contributed by atoms with van der Waals surface area (Å²) in [5, 5.41) is 8.96. The first-order valence-electron chi connectivity index (χ1n) is 7.52. The van der Waals surface area contributed by atoms with Crippen LogP contribution in [-0.4, -0.2) is 52.2 Å². The number of aryl methyl sites for hydroxylation is 1. The molecular weight excluding hydrogens is 343 g/mol. The molecular formula is C16H18F3NO3S. The van der Waals surface area contributed by atoms with Gasteiger partial charge in [-0.2, -0.15) is 24.9 Å². The van der Waals surface area contributed by atoms with Crippen molar-refractivity contribution >= 4 is 23.6 Å². The molecule has 8 heteroatoms. The molecule has 2 rings (SSSR count). The van der Waals surface area contributed by atoms with Crippen molar-refractivity contribution in [1.29, 1.82) is 0 Å². The van der Waals surface area contributed by atoms with Crippen molar-refractivity contribution < 1.29 is 27.9 Å². The molecule has 1 amide bonds. The number of rotatable bonds is 5. The number of thioether (sulfide) groups is 1. The Bertz CT molecular complexity index is 589. The third kappa shape index (κ3) is 5.43. The number of nitrogens with zero attached hydrogens (tertiary/aromatic N) is 1. The van der Waals surface area contributed by atoms with E-state index in [-0.39, 0.29) is 24.8 Å². The summed E-state index contributed by atoms with van der Waals surface area (Å²) in [5.74, 6) is 0.0828. The molecule has 1 aromatic carbocycles. The zero-order valence-electron chi connectivity index (χ0n) is 12.9. The monoisotopic (exact) mass is 361 g/mol. The van der Waals surface area contributed by atoms with E-state index in [4.69, 9.17) is 5.11 Å². The van der Waals surface area contributed by atoms with E-state index < -0.39 is 18.6 Å². The number of carboxylic acid groups (broad SMARTS) is 1. The molecule has 24 heavy (non-hydrogen) atoms. The van der Waals surface area contributed by atoms with Crippen LogP contribution >= 0.6 is 11.8 Å². The summed E-state index contributed by atoms with van der Waals surface area (Å²) in [4.78, 5) is 25.0. The van der Waals surface area contributed by atoms with Crippen LogP contribution < -0.4 is 0 Å². The van der Waals surface area contributed by atoms with Crippen LogP contribution in [-0.2, 0) is 11.2 Å². The van der Waals surface area contributed by atoms with Gasteiger partial charge in [-0.05, 0) is 24.1 Å². The Morgan fingerprint density at radius 1 is 1.25 bits per heavy atom. The molecule has 0 aliphatic carbocycles. The smallest absolute Gasteiger partial charge is 0.389 e. The Kier molecular flexibility index (Phi) is 6.15. The summed E-state index contributed by atoms with van der Waals surface area (Å²) in [7, 11) is 0. The van der Waals surface area contributed by atoms with Gasteiger partial charge >= 0.3 is 12.1 Å². The third-order valence-electron chi connectivity index (χ3n) is 3.80. The molecule has 0 bridgehead atoms. The molecule has 1 atom stereocenters. The van der Waals surface area contributed by atoms with Crippen LogP contribution in [0.5, 0.6) is 0 Å². The Morgan fingerprint density at radius 3 is 2.50 bits per heavy atom. The average Bonchev–Trinajstić information content (AvgIpc) is 2.52. The largest absolute Gasteiger partial charge is 0.481 e. The zero-order chi connectivity index (χ0) is 17.7. The molecule has 132 valence electrons. The van der Waals surface area contributed by atoms with E-state index in [2.05, 4.69) is 0 Å². The molecule has 0 aromatic heterocycles. The molecule has 4 nitrogen and oxygen atoms in total. The van der Waals surface area contributed by atoms with E-state index in [1.165, 1.54) is 24.3 Å². The molecule has 0 radical (unpaired) electrons. The number of carbonyl (C=O) groups is 2. The van der Waals surface area contributed by atoms with Crippen LogP contribution in [0.15, 0.2) is 24.3 Å². The number of alkyl halides is 3. The predicted octanol–water partition coefficient (Wildman–Crippen LogP) is 3.21. The fourth-order valence-corrected chi connectivity index (χ4v) is 3.62. The van der Waals surface area contributed by atoms with Crippen molar-refractivity contribution in [3.8, 4) is 0 Å². The summed E-state index contributed by atoms with van der Waals surface area (Å²) in [6, 6.07) is 5.69. The lowest BCUT2D eigenvalue weighted by molar-refractivity contribution is -0.138. The van der Waals surface area contributed by atoms with Crippen LogP contribution in [0.2, 0.25) is 0 Å². The second-order valence-corrected chi connectivity index (χ2v) is 6.79. The zero-order valence-corrected chi connectivity index (χ0v) is 13.7. The minimum absolute atomic E-state index is 0.109. The molecule has 1 saturated heterocycles. The highest BCUT2D eigenvalue weighted by molar-refractivity contribution is 7.99. The van der Waals surface area contributed by atoms with Gasteiger partial charge in [-0.25, -0.2) is 0 Å². The second kappa shape index (κ2) is 7.92. The first-order chi connectivity index (χ1) is 11.3. The number of aliphatic carboxylic acids is 1. The molecule has 0 saturated carbocycles. The summed E-state index contributed by atoms with van der Waals surface area (Å²) in [5.41, 5.74) is 0.883. The van der Waals surface area contributed by atoms with Gasteiger partial charge in [0.25, 0.3) is 5.91 Å². The minimum Gasteiger partial charge on any atom is -0.481 e. The van der Waals surface area contributed by atoms with E-state index in [0.717, 1.165) is 5.75 Å². The second-order valence-electron chi connectivity index (χ2n) is 5.64. The lowest BCUT2D eigenvalue weighted by Crippen LogP contribution is -2.47. The number of hydrogen-bond acceptors (Lipinski definition) is 3. The number of hydrogen-bond donors (Lipinski definition) is 1. The SMILES string of the molecule is O=C(O)CC1CSCCN1C(=O)c1ccc(CCC(F)(F)F)cc1. The van der Waals surface area contributed by atoms with Crippen molar-refractivity contribution in [2.75, 3.05) is 18.1 Å². The van der Waals surface area contributed by atoms with E-state index in [1.807, 2.05) is 0 Å². The highest BCUT2D eigenvalue weighted by Crippen LogP contribution is 2.24. The lowest BCUT2D eigenvalue weighted by Gasteiger charge is -2.34. The number of benzene rings is 1. The van der Waals surface area contributed by atoms with Gasteiger partial charge in [0.2, 0.25) is 0 Å². The van der Waals surface area contributed by atoms with Gasteiger partial charge in [-0.15, -0.1) is 0 Å². The lowest BCUT2D eigenvalue weighted by atomic mass is 10.1. The predicted molar refractivity (Wildman–Crippen MR) is 85.2 cm³/mol. The highest BCUT2D eigenvalue weighted by atomic mass is 32.2. The fourth-order valence-electron chi connectivity index (χ4n) is 2.56. The first kappa shape index (κ1) is 18.6. The molecule has 1 aliphatic rings. The molecule has 1 aliphatic heterocycles. The molecule has 1 aromatic rings. The van der Waals surface area contributed by atoms with Gasteiger partial charge in [0.15, 0.2) is 0 Å². The van der Waals surface area contributed by atoms with Crippen molar-refractivity contribution in [2.24, 2.45) is 0 Å². The van der Waals surface area contributed by atoms with E-state index in [0.29, 0.717) is 23.4 Å². The number of halogens is 3. The van der Waals surface area contributed by atoms with Gasteiger partial charge in [0.1, 0.15) is 0 Å². The van der Waals surface area contributed by atoms with E-state index in [9.17, 15) is 22.8 Å².